The molecule has 0 saturated heterocycles. The van der Waals surface area contributed by atoms with Gasteiger partial charge in [0.1, 0.15) is 0 Å². The first-order valence-corrected chi connectivity index (χ1v) is 33.9. The molecule has 0 aliphatic heterocycles. The first-order valence-electron chi connectivity index (χ1n) is 33.9. The van der Waals surface area contributed by atoms with Crippen molar-refractivity contribution in [3.63, 3.8) is 0 Å². The van der Waals surface area contributed by atoms with Crippen LogP contribution < -0.4 is 10.6 Å². The molecule has 80 heavy (non-hydrogen) atoms. The molecule has 8 saturated carbocycles. The molecule has 8 fully saturated rings. The molecule has 2 aromatic rings. The predicted octanol–water partition coefficient (Wildman–Crippen LogP) is 14.7. The normalized spacial score (nSPS) is 42.0. The fourth-order valence-electron chi connectivity index (χ4n) is 22.1. The van der Waals surface area contributed by atoms with Gasteiger partial charge in [0.05, 0.1) is 37.1 Å². The van der Waals surface area contributed by atoms with Gasteiger partial charge in [-0.25, -0.2) is 14.8 Å². The average molecular weight is 1110 g/mol. The molecular formula is C69H116N6O5. The summed E-state index contributed by atoms with van der Waals surface area (Å²) in [5.41, 5.74) is 1.03. The smallest absolute Gasteiger partial charge is 0.434 e. The third-order valence-corrected chi connectivity index (χ3v) is 26.6. The topological polar surface area (TPSA) is 157 Å². The van der Waals surface area contributed by atoms with Crippen LogP contribution in [-0.4, -0.2) is 85.9 Å². The Kier molecular flexibility index (Phi) is 18.8. The van der Waals surface area contributed by atoms with Gasteiger partial charge >= 0.3 is 6.16 Å². The van der Waals surface area contributed by atoms with Crippen molar-refractivity contribution in [2.24, 2.45) is 105 Å². The van der Waals surface area contributed by atoms with Crippen LogP contribution in [0.1, 0.15) is 235 Å². The van der Waals surface area contributed by atoms with Crippen molar-refractivity contribution >= 4 is 6.16 Å². The van der Waals surface area contributed by atoms with Crippen molar-refractivity contribution in [3.05, 3.63) is 36.4 Å². The van der Waals surface area contributed by atoms with E-state index < -0.39 is 17.4 Å². The summed E-state index contributed by atoms with van der Waals surface area (Å²) in [4.78, 5) is 28.6. The van der Waals surface area contributed by atoms with E-state index in [-0.39, 0.29) is 34.7 Å². The molecule has 11 heteroatoms. The summed E-state index contributed by atoms with van der Waals surface area (Å²) < 4.78 is 11.8. The number of aromatic nitrogens is 4. The Morgan fingerprint density at radius 3 is 1.40 bits per heavy atom. The predicted molar refractivity (Wildman–Crippen MR) is 322 cm³/mol. The van der Waals surface area contributed by atoms with E-state index in [1.165, 1.54) is 89.9 Å². The number of hydrogen-bond donors (Lipinski definition) is 6. The van der Waals surface area contributed by atoms with Crippen LogP contribution in [0.3, 0.4) is 0 Å². The van der Waals surface area contributed by atoms with Crippen LogP contribution in [0.25, 0.3) is 0 Å². The minimum atomic E-state index is -0.836. The van der Waals surface area contributed by atoms with E-state index in [4.69, 9.17) is 9.47 Å². The quantitative estimate of drug-likeness (QED) is 0.0563. The minimum Gasteiger partial charge on any atom is -0.434 e. The lowest BCUT2D eigenvalue weighted by atomic mass is 9.41. The number of nitrogens with one attached hydrogen (secondary N) is 4. The van der Waals surface area contributed by atoms with Gasteiger partial charge in [-0.1, -0.05) is 108 Å². The molecule has 11 nitrogen and oxygen atoms in total. The van der Waals surface area contributed by atoms with Crippen LogP contribution in [0.5, 0.6) is 0 Å². The number of carbonyl (C=O) groups is 1. The molecule has 10 rings (SSSR count). The zero-order chi connectivity index (χ0) is 56.7. The third kappa shape index (κ3) is 11.7. The summed E-state index contributed by atoms with van der Waals surface area (Å²) in [7, 11) is 0. The molecule has 2 heterocycles. The van der Waals surface area contributed by atoms with E-state index in [1.54, 1.807) is 12.7 Å². The summed E-state index contributed by atoms with van der Waals surface area (Å²) in [6.45, 7) is 27.2. The lowest BCUT2D eigenvalue weighted by molar-refractivity contribution is -0.229. The van der Waals surface area contributed by atoms with Gasteiger partial charge in [0, 0.05) is 72.6 Å². The Labute approximate surface area is 485 Å². The maximum absolute atomic E-state index is 13.4. The standard InChI is InChI=1S/C69H116N6O5/c1-45(2)13-11-15-47(5)55-17-19-57-53-37-61(72-33-25-51-41-70-43-74-51)68(77)39-49(21-31-66(68,9)59(53)23-29-64(55,57)7)27-35-79-63(76)80-36-28-50-22-32-67(10)60-24-30-65(8)56(48(6)16-12-14-46(3)4)18-20-58(65)54(60)38-62(69(67,78)40-50)73-34-26-52-42-71-44-75-52/h41-50,53-62,72-73,77-78H,11-40H2,1-10H3,(H,70,74)(H,71,75)/t47-,48-,49-,50-,53+,54+,55-,56-,57+,58+,59+,60+,61-,62-,64-,65-,66-,67-,68+,69+/m1/s1. The fourth-order valence-corrected chi connectivity index (χ4v) is 22.1. The van der Waals surface area contributed by atoms with E-state index in [0.29, 0.717) is 47.7 Å². The molecule has 0 aromatic carbocycles. The Morgan fingerprint density at radius 2 is 1.01 bits per heavy atom. The van der Waals surface area contributed by atoms with Crippen LogP contribution in [0.2, 0.25) is 0 Å². The highest BCUT2D eigenvalue weighted by molar-refractivity contribution is 5.59. The molecule has 8 aliphatic carbocycles. The highest BCUT2D eigenvalue weighted by Gasteiger charge is 2.69. The summed E-state index contributed by atoms with van der Waals surface area (Å²) in [6.07, 6.45) is 36.3. The lowest BCUT2D eigenvalue weighted by Gasteiger charge is -2.67. The molecule has 20 atom stereocenters. The summed E-state index contributed by atoms with van der Waals surface area (Å²) >= 11 is 0. The van der Waals surface area contributed by atoms with Crippen LogP contribution in [0, 0.1) is 105 Å². The Balaban J connectivity index is 0.737. The van der Waals surface area contributed by atoms with Crippen molar-refractivity contribution in [1.82, 2.24) is 30.6 Å². The molecular weight excluding hydrogens is 993 g/mol. The van der Waals surface area contributed by atoms with Gasteiger partial charge < -0.3 is 40.3 Å². The van der Waals surface area contributed by atoms with E-state index in [1.807, 2.05) is 12.4 Å². The van der Waals surface area contributed by atoms with Gasteiger partial charge in [-0.2, -0.15) is 0 Å². The number of ether oxygens (including phenoxy) is 2. The monoisotopic (exact) mass is 1110 g/mol. The van der Waals surface area contributed by atoms with Crippen LogP contribution in [0.15, 0.2) is 25.0 Å². The highest BCUT2D eigenvalue weighted by atomic mass is 16.7. The van der Waals surface area contributed by atoms with Crippen molar-refractivity contribution in [2.75, 3.05) is 26.3 Å². The van der Waals surface area contributed by atoms with Gasteiger partial charge in [-0.15, -0.1) is 0 Å². The average Bonchev–Trinajstić information content (AvgIpc) is 4.39. The van der Waals surface area contributed by atoms with Crippen LogP contribution >= 0.6 is 0 Å². The van der Waals surface area contributed by atoms with Crippen molar-refractivity contribution < 1.29 is 24.5 Å². The van der Waals surface area contributed by atoms with Crippen molar-refractivity contribution in [1.29, 1.82) is 0 Å². The number of carbonyl (C=O) groups excluding carboxylic acids is 1. The second kappa shape index (κ2) is 24.9. The zero-order valence-corrected chi connectivity index (χ0v) is 52.3. The van der Waals surface area contributed by atoms with Gasteiger partial charge in [0.25, 0.3) is 0 Å². The Morgan fingerprint density at radius 1 is 0.588 bits per heavy atom. The van der Waals surface area contributed by atoms with Crippen molar-refractivity contribution in [3.8, 4) is 0 Å². The van der Waals surface area contributed by atoms with Crippen LogP contribution in [-0.2, 0) is 22.3 Å². The number of fused-ring (bicyclic) bond motifs is 10. The maximum atomic E-state index is 13.4. The number of rotatable bonds is 24. The molecule has 0 amide bonds. The molecule has 0 radical (unpaired) electrons. The number of H-pyrrole nitrogens is 2. The molecule has 0 bridgehead atoms. The summed E-state index contributed by atoms with van der Waals surface area (Å²) in [6, 6.07) is 0.0381. The van der Waals surface area contributed by atoms with Gasteiger partial charge in [-0.05, 0) is 209 Å². The number of imidazole rings is 2. The van der Waals surface area contributed by atoms with E-state index >= 15 is 0 Å². The van der Waals surface area contributed by atoms with Crippen LogP contribution in [0.4, 0.5) is 4.79 Å². The zero-order valence-electron chi connectivity index (χ0n) is 52.3. The number of aliphatic hydroxyl groups is 2. The number of hydrogen-bond acceptors (Lipinski definition) is 9. The number of aromatic amines is 2. The first-order chi connectivity index (χ1) is 38.2. The maximum Gasteiger partial charge on any atom is 0.508 e. The minimum absolute atomic E-state index is 0.0191. The number of nitrogens with zero attached hydrogens (tertiary/aromatic N) is 2. The first kappa shape index (κ1) is 60.6. The third-order valence-electron chi connectivity index (χ3n) is 26.6. The lowest BCUT2D eigenvalue weighted by Crippen LogP contribution is -2.71. The largest absolute Gasteiger partial charge is 0.508 e. The fraction of sp³-hybridized carbons (Fsp3) is 0.899. The van der Waals surface area contributed by atoms with Crippen molar-refractivity contribution in [2.45, 2.75) is 259 Å². The molecule has 6 N–H and O–H groups in total. The Bertz CT molecular complexity index is 2120. The molecule has 2 aromatic heterocycles. The summed E-state index contributed by atoms with van der Waals surface area (Å²) in [5, 5.41) is 34.9. The molecule has 8 aliphatic rings. The second-order valence-electron chi connectivity index (χ2n) is 31.4. The van der Waals surface area contributed by atoms with E-state index in [9.17, 15) is 15.0 Å². The van der Waals surface area contributed by atoms with Gasteiger partial charge in [0.15, 0.2) is 0 Å². The molecule has 0 unspecified atom stereocenters. The Hall–Kier alpha value is -2.47. The van der Waals surface area contributed by atoms with Gasteiger partial charge in [-0.3, -0.25) is 0 Å². The second-order valence-corrected chi connectivity index (χ2v) is 31.4. The van der Waals surface area contributed by atoms with Gasteiger partial charge in [0.2, 0.25) is 0 Å². The highest BCUT2D eigenvalue weighted by Crippen LogP contribution is 2.72. The SMILES string of the molecule is CC(C)CCC[C@@H](C)[C@H]1CC[C@H]2[C@@H]3C[C@@H](NCCc4cnc[nH]4)[C@@]4(O)C[C@@H](CCOC(=O)OCC[C@H]5CC[C@]6(C)[C@H]7CC[C@]8(C)[C@@H]([C@H](C)CCCC(C)C)CC[C@H]8[C@@H]7C[C@@H](NCCc7cnc[nH]7)[C@@]6(O)C5)CC[C@]4(C)[C@H]3CC[C@]12C. The molecule has 0 spiro atoms. The summed E-state index contributed by atoms with van der Waals surface area (Å²) in [5.74, 6) is 9.02. The molecule has 452 valence electrons. The van der Waals surface area contributed by atoms with E-state index in [2.05, 4.69) is 99.8 Å². The van der Waals surface area contributed by atoms with E-state index in [0.717, 1.165) is 149 Å².